The molecule has 2 aromatic carbocycles. The lowest BCUT2D eigenvalue weighted by atomic mass is 10.1. The molecule has 0 atom stereocenters. The minimum atomic E-state index is -0.470. The van der Waals surface area contributed by atoms with Gasteiger partial charge in [0.25, 0.3) is 0 Å². The number of para-hydroxylation sites is 1. The van der Waals surface area contributed by atoms with Crippen molar-refractivity contribution < 1.29 is 13.9 Å². The third-order valence-electron chi connectivity index (χ3n) is 3.69. The minimum Gasteiger partial charge on any atom is -0.456 e. The molecular weight excluding hydrogens is 314 g/mol. The Bertz CT molecular complexity index is 916. The average molecular weight is 337 g/mol. The van der Waals surface area contributed by atoms with Crippen LogP contribution in [0.4, 0.5) is 4.79 Å². The van der Waals surface area contributed by atoms with E-state index in [-0.39, 0.29) is 6.09 Å². The lowest BCUT2D eigenvalue weighted by molar-refractivity contribution is 0.0529. The average Bonchev–Trinajstić information content (AvgIpc) is 2.91. The first-order chi connectivity index (χ1) is 11.9. The van der Waals surface area contributed by atoms with Gasteiger partial charge in [-0.2, -0.15) is 0 Å². The number of fused-ring (bicyclic) bond motifs is 3. The van der Waals surface area contributed by atoms with E-state index in [1.54, 1.807) is 0 Å². The topological polar surface area (TPSA) is 51.5 Å². The highest BCUT2D eigenvalue weighted by Gasteiger charge is 2.15. The second kappa shape index (κ2) is 7.01. The molecule has 0 spiro atoms. The van der Waals surface area contributed by atoms with Gasteiger partial charge in [-0.1, -0.05) is 36.4 Å². The summed E-state index contributed by atoms with van der Waals surface area (Å²) >= 11 is 0. The zero-order valence-electron chi connectivity index (χ0n) is 14.8. The van der Waals surface area contributed by atoms with Crippen molar-refractivity contribution >= 4 is 34.1 Å². The van der Waals surface area contributed by atoms with Crippen molar-refractivity contribution in [2.75, 3.05) is 6.54 Å². The van der Waals surface area contributed by atoms with E-state index >= 15 is 0 Å². The van der Waals surface area contributed by atoms with Crippen LogP contribution in [-0.2, 0) is 4.74 Å². The summed E-state index contributed by atoms with van der Waals surface area (Å²) < 4.78 is 11.0. The van der Waals surface area contributed by atoms with E-state index in [1.807, 2.05) is 57.2 Å². The van der Waals surface area contributed by atoms with E-state index in [0.29, 0.717) is 6.54 Å². The van der Waals surface area contributed by atoms with Crippen LogP contribution in [0.2, 0.25) is 0 Å². The molecule has 0 fully saturated rings. The summed E-state index contributed by atoms with van der Waals surface area (Å²) in [5, 5.41) is 4.99. The van der Waals surface area contributed by atoms with Gasteiger partial charge in [0, 0.05) is 17.3 Å². The molecule has 130 valence electrons. The lowest BCUT2D eigenvalue weighted by Crippen LogP contribution is -2.32. The number of rotatable bonds is 4. The fourth-order valence-corrected chi connectivity index (χ4v) is 2.64. The maximum Gasteiger partial charge on any atom is 0.407 e. The Labute approximate surface area is 147 Å². The lowest BCUT2D eigenvalue weighted by Gasteiger charge is -2.19. The van der Waals surface area contributed by atoms with Gasteiger partial charge in [-0.15, -0.1) is 0 Å². The Morgan fingerprint density at radius 3 is 2.68 bits per heavy atom. The zero-order chi connectivity index (χ0) is 17.9. The van der Waals surface area contributed by atoms with Crippen LogP contribution < -0.4 is 5.32 Å². The van der Waals surface area contributed by atoms with Crippen LogP contribution in [0.3, 0.4) is 0 Å². The van der Waals surface area contributed by atoms with Crippen molar-refractivity contribution in [3.8, 4) is 0 Å². The van der Waals surface area contributed by atoms with Crippen molar-refractivity contribution in [3.05, 3.63) is 54.1 Å². The van der Waals surface area contributed by atoms with Gasteiger partial charge in [-0.3, -0.25) is 0 Å². The Kier molecular flexibility index (Phi) is 4.79. The SMILES string of the molecule is CC(C)(C)OC(=O)NCCC=Cc1ccc2oc3ccccc3c2c1. The smallest absolute Gasteiger partial charge is 0.407 e. The summed E-state index contributed by atoms with van der Waals surface area (Å²) in [5.74, 6) is 0. The molecule has 25 heavy (non-hydrogen) atoms. The summed E-state index contributed by atoms with van der Waals surface area (Å²) in [4.78, 5) is 11.6. The Morgan fingerprint density at radius 1 is 1.12 bits per heavy atom. The number of benzene rings is 2. The van der Waals surface area contributed by atoms with Gasteiger partial charge in [0.15, 0.2) is 0 Å². The molecule has 0 unspecified atom stereocenters. The summed E-state index contributed by atoms with van der Waals surface area (Å²) in [6.07, 6.45) is 4.45. The molecule has 0 aliphatic carbocycles. The van der Waals surface area contributed by atoms with Crippen LogP contribution in [0.15, 0.2) is 53.0 Å². The van der Waals surface area contributed by atoms with Crippen molar-refractivity contribution in [2.45, 2.75) is 32.8 Å². The molecule has 3 rings (SSSR count). The normalized spacial score (nSPS) is 12.1. The Hall–Kier alpha value is -2.75. The quantitative estimate of drug-likeness (QED) is 0.638. The number of ether oxygens (including phenoxy) is 1. The second-order valence-electron chi connectivity index (χ2n) is 6.97. The van der Waals surface area contributed by atoms with Crippen LogP contribution in [0, 0.1) is 0 Å². The van der Waals surface area contributed by atoms with Gasteiger partial charge < -0.3 is 14.5 Å². The molecule has 0 saturated heterocycles. The summed E-state index contributed by atoms with van der Waals surface area (Å²) in [6.45, 7) is 6.09. The van der Waals surface area contributed by atoms with E-state index in [9.17, 15) is 4.79 Å². The van der Waals surface area contributed by atoms with Crippen molar-refractivity contribution in [3.63, 3.8) is 0 Å². The van der Waals surface area contributed by atoms with Gasteiger partial charge in [0.2, 0.25) is 0 Å². The number of carbonyl (C=O) groups excluding carboxylic acids is 1. The number of alkyl carbamates (subject to hydrolysis) is 1. The molecule has 1 N–H and O–H groups in total. The number of carbonyl (C=O) groups is 1. The zero-order valence-corrected chi connectivity index (χ0v) is 14.8. The molecule has 0 radical (unpaired) electrons. The number of hydrogen-bond donors (Lipinski definition) is 1. The molecule has 0 bridgehead atoms. The molecule has 4 nitrogen and oxygen atoms in total. The van der Waals surface area contributed by atoms with Crippen LogP contribution in [0.25, 0.3) is 28.0 Å². The first-order valence-corrected chi connectivity index (χ1v) is 8.47. The molecule has 0 aliphatic rings. The molecule has 0 saturated carbocycles. The summed E-state index contributed by atoms with van der Waals surface area (Å²) in [6, 6.07) is 14.2. The third kappa shape index (κ3) is 4.41. The highest BCUT2D eigenvalue weighted by atomic mass is 16.6. The molecule has 1 amide bonds. The van der Waals surface area contributed by atoms with Crippen molar-refractivity contribution in [1.29, 1.82) is 0 Å². The third-order valence-corrected chi connectivity index (χ3v) is 3.69. The second-order valence-corrected chi connectivity index (χ2v) is 6.97. The van der Waals surface area contributed by atoms with Gasteiger partial charge >= 0.3 is 6.09 Å². The molecule has 1 heterocycles. The van der Waals surface area contributed by atoms with E-state index in [1.165, 1.54) is 0 Å². The largest absolute Gasteiger partial charge is 0.456 e. The number of amides is 1. The number of hydrogen-bond acceptors (Lipinski definition) is 3. The molecule has 4 heteroatoms. The number of furan rings is 1. The van der Waals surface area contributed by atoms with Crippen LogP contribution in [0.1, 0.15) is 32.8 Å². The van der Waals surface area contributed by atoms with Gasteiger partial charge in [-0.05, 0) is 51.0 Å². The predicted molar refractivity (Wildman–Crippen MR) is 102 cm³/mol. The van der Waals surface area contributed by atoms with Crippen LogP contribution in [0.5, 0.6) is 0 Å². The molecule has 0 aliphatic heterocycles. The first kappa shape index (κ1) is 17.1. The van der Waals surface area contributed by atoms with E-state index < -0.39 is 5.60 Å². The predicted octanol–water partition coefficient (Wildman–Crippen LogP) is 5.51. The van der Waals surface area contributed by atoms with Crippen molar-refractivity contribution in [1.82, 2.24) is 5.32 Å². The number of nitrogens with one attached hydrogen (secondary N) is 1. The fraction of sp³-hybridized carbons (Fsp3) is 0.286. The van der Waals surface area contributed by atoms with E-state index in [0.717, 1.165) is 33.9 Å². The molecular formula is C21H23NO3. The molecule has 1 aromatic heterocycles. The molecule has 3 aromatic rings. The highest BCUT2D eigenvalue weighted by molar-refractivity contribution is 6.05. The maximum atomic E-state index is 11.6. The monoisotopic (exact) mass is 337 g/mol. The van der Waals surface area contributed by atoms with E-state index in [4.69, 9.17) is 9.15 Å². The summed E-state index contributed by atoms with van der Waals surface area (Å²) in [7, 11) is 0. The Morgan fingerprint density at radius 2 is 1.88 bits per heavy atom. The Balaban J connectivity index is 1.60. The maximum absolute atomic E-state index is 11.6. The minimum absolute atomic E-state index is 0.382. The standard InChI is InChI=1S/C21H23NO3/c1-21(2,3)25-20(23)22-13-7-6-8-15-11-12-19-17(14-15)16-9-4-5-10-18(16)24-19/h4-6,8-12,14H,7,13H2,1-3H3,(H,22,23). The fourth-order valence-electron chi connectivity index (χ4n) is 2.64. The highest BCUT2D eigenvalue weighted by Crippen LogP contribution is 2.29. The van der Waals surface area contributed by atoms with Gasteiger partial charge in [0.05, 0.1) is 0 Å². The first-order valence-electron chi connectivity index (χ1n) is 8.47. The van der Waals surface area contributed by atoms with Crippen molar-refractivity contribution in [2.24, 2.45) is 0 Å². The van der Waals surface area contributed by atoms with Crippen LogP contribution >= 0.6 is 0 Å². The van der Waals surface area contributed by atoms with E-state index in [2.05, 4.69) is 23.5 Å². The van der Waals surface area contributed by atoms with Gasteiger partial charge in [-0.25, -0.2) is 4.79 Å². The van der Waals surface area contributed by atoms with Crippen LogP contribution in [-0.4, -0.2) is 18.2 Å². The van der Waals surface area contributed by atoms with Gasteiger partial charge in [0.1, 0.15) is 16.8 Å². The summed E-state index contributed by atoms with van der Waals surface area (Å²) in [5.41, 5.74) is 2.43.